The molecular formula is C22H31P. The summed E-state index contributed by atoms with van der Waals surface area (Å²) in [6.07, 6.45) is 10.3. The number of hydrogen-bond acceptors (Lipinski definition) is 0. The summed E-state index contributed by atoms with van der Waals surface area (Å²) in [4.78, 5) is 0. The largest absolute Gasteiger partial charge is 0.130 e. The Morgan fingerprint density at radius 2 is 1.17 bits per heavy atom. The third-order valence-electron chi connectivity index (χ3n) is 4.58. The predicted molar refractivity (Wildman–Crippen MR) is 106 cm³/mol. The van der Waals surface area contributed by atoms with Gasteiger partial charge in [0.15, 0.2) is 0 Å². The van der Waals surface area contributed by atoms with Gasteiger partial charge in [-0.25, -0.2) is 0 Å². The van der Waals surface area contributed by atoms with Crippen molar-refractivity contribution in [1.29, 1.82) is 0 Å². The van der Waals surface area contributed by atoms with Crippen molar-refractivity contribution >= 4 is 9.24 Å². The number of hydrogen-bond donors (Lipinski definition) is 0. The van der Waals surface area contributed by atoms with E-state index in [0.29, 0.717) is 0 Å². The fourth-order valence-electron chi connectivity index (χ4n) is 3.32. The van der Waals surface area contributed by atoms with Crippen molar-refractivity contribution in [1.82, 2.24) is 0 Å². The Hall–Kier alpha value is -1.13. The van der Waals surface area contributed by atoms with Crippen LogP contribution in [0.2, 0.25) is 0 Å². The minimum absolute atomic E-state index is 0.273. The zero-order valence-electron chi connectivity index (χ0n) is 14.5. The Bertz CT molecular complexity index is 491. The second-order valence-electron chi connectivity index (χ2n) is 6.85. The number of benzene rings is 2. The summed E-state index contributed by atoms with van der Waals surface area (Å²) in [5, 5.41) is 0.273. The van der Waals surface area contributed by atoms with Crippen LogP contribution in [0.4, 0.5) is 0 Å². The van der Waals surface area contributed by atoms with Crippen LogP contribution in [-0.2, 0) is 12.8 Å². The lowest BCUT2D eigenvalue weighted by molar-refractivity contribution is 0.488. The second kappa shape index (κ2) is 9.89. The van der Waals surface area contributed by atoms with Crippen molar-refractivity contribution in [2.45, 2.75) is 63.4 Å². The third kappa shape index (κ3) is 6.88. The fraction of sp³-hybridized carbons (Fsp3) is 0.455. The Kier molecular flexibility index (Phi) is 7.83. The molecule has 0 radical (unpaired) electrons. The lowest BCUT2D eigenvalue weighted by Crippen LogP contribution is -2.27. The predicted octanol–water partition coefficient (Wildman–Crippen LogP) is 6.45. The van der Waals surface area contributed by atoms with Gasteiger partial charge in [-0.2, -0.15) is 0 Å². The first kappa shape index (κ1) is 18.2. The molecule has 0 saturated heterocycles. The van der Waals surface area contributed by atoms with Gasteiger partial charge in [0.05, 0.1) is 0 Å². The zero-order chi connectivity index (χ0) is 16.4. The SMILES string of the molecule is CCCCCCCC(P)(Cc1ccccc1)Cc1ccccc1. The maximum Gasteiger partial charge on any atom is -0.00697 e. The van der Waals surface area contributed by atoms with Crippen LogP contribution in [0, 0.1) is 0 Å². The van der Waals surface area contributed by atoms with Crippen LogP contribution < -0.4 is 0 Å². The highest BCUT2D eigenvalue weighted by molar-refractivity contribution is 7.19. The average Bonchev–Trinajstić information content (AvgIpc) is 2.56. The van der Waals surface area contributed by atoms with Crippen molar-refractivity contribution < 1.29 is 0 Å². The van der Waals surface area contributed by atoms with Crippen molar-refractivity contribution in [3.05, 3.63) is 71.8 Å². The molecule has 1 heteroatoms. The third-order valence-corrected chi connectivity index (χ3v) is 5.27. The van der Waals surface area contributed by atoms with Gasteiger partial charge in [0.1, 0.15) is 0 Å². The van der Waals surface area contributed by atoms with Crippen molar-refractivity contribution in [3.63, 3.8) is 0 Å². The van der Waals surface area contributed by atoms with E-state index in [1.165, 1.54) is 49.7 Å². The summed E-state index contributed by atoms with van der Waals surface area (Å²) in [7, 11) is 3.21. The second-order valence-corrected chi connectivity index (χ2v) is 8.08. The average molecular weight is 326 g/mol. The summed E-state index contributed by atoms with van der Waals surface area (Å²) in [5.74, 6) is 0. The lowest BCUT2D eigenvalue weighted by Gasteiger charge is -2.30. The molecule has 0 nitrogen and oxygen atoms in total. The minimum atomic E-state index is 0.273. The first-order valence-corrected chi connectivity index (χ1v) is 9.66. The van der Waals surface area contributed by atoms with Crippen LogP contribution >= 0.6 is 9.24 Å². The van der Waals surface area contributed by atoms with E-state index in [9.17, 15) is 0 Å². The zero-order valence-corrected chi connectivity index (χ0v) is 15.7. The molecule has 0 fully saturated rings. The maximum atomic E-state index is 3.21. The summed E-state index contributed by atoms with van der Waals surface area (Å²) in [5.41, 5.74) is 2.90. The van der Waals surface area contributed by atoms with Gasteiger partial charge < -0.3 is 0 Å². The van der Waals surface area contributed by atoms with Gasteiger partial charge in [0.25, 0.3) is 0 Å². The standard InChI is InChI=1S/C22H31P/c1-2-3-4-5-12-17-22(23,18-20-13-8-6-9-14-20)19-21-15-10-7-11-16-21/h6-11,13-16H,2-5,12,17-19,23H2,1H3. The van der Waals surface area contributed by atoms with Gasteiger partial charge in [0, 0.05) is 0 Å². The van der Waals surface area contributed by atoms with Crippen LogP contribution in [-0.4, -0.2) is 5.16 Å². The monoisotopic (exact) mass is 326 g/mol. The molecule has 0 aliphatic heterocycles. The Morgan fingerprint density at radius 1 is 0.696 bits per heavy atom. The van der Waals surface area contributed by atoms with E-state index in [2.05, 4.69) is 76.8 Å². The molecule has 0 aromatic heterocycles. The highest BCUT2D eigenvalue weighted by Gasteiger charge is 2.25. The molecule has 0 bridgehead atoms. The van der Waals surface area contributed by atoms with Crippen molar-refractivity contribution in [2.24, 2.45) is 0 Å². The molecule has 0 heterocycles. The normalized spacial score (nSPS) is 11.6. The van der Waals surface area contributed by atoms with Crippen LogP contribution in [0.3, 0.4) is 0 Å². The summed E-state index contributed by atoms with van der Waals surface area (Å²) in [6.45, 7) is 2.28. The van der Waals surface area contributed by atoms with E-state index >= 15 is 0 Å². The first-order valence-electron chi connectivity index (χ1n) is 9.08. The van der Waals surface area contributed by atoms with E-state index in [1.807, 2.05) is 0 Å². The van der Waals surface area contributed by atoms with Crippen LogP contribution in [0.25, 0.3) is 0 Å². The number of rotatable bonds is 10. The first-order chi connectivity index (χ1) is 11.2. The Morgan fingerprint density at radius 3 is 1.65 bits per heavy atom. The molecule has 1 unspecified atom stereocenters. The van der Waals surface area contributed by atoms with E-state index in [0.717, 1.165) is 12.8 Å². The van der Waals surface area contributed by atoms with Gasteiger partial charge in [-0.3, -0.25) is 0 Å². The molecule has 0 aliphatic carbocycles. The van der Waals surface area contributed by atoms with Gasteiger partial charge in [0.2, 0.25) is 0 Å². The molecule has 2 rings (SSSR count). The fourth-order valence-corrected chi connectivity index (χ4v) is 4.00. The van der Waals surface area contributed by atoms with Gasteiger partial charge in [-0.05, 0) is 35.5 Å². The highest BCUT2D eigenvalue weighted by Crippen LogP contribution is 2.34. The number of unbranched alkanes of at least 4 members (excludes halogenated alkanes) is 4. The topological polar surface area (TPSA) is 0 Å². The molecule has 23 heavy (non-hydrogen) atoms. The van der Waals surface area contributed by atoms with Crippen molar-refractivity contribution in [2.75, 3.05) is 0 Å². The van der Waals surface area contributed by atoms with Gasteiger partial charge >= 0.3 is 0 Å². The quantitative estimate of drug-likeness (QED) is 0.348. The summed E-state index contributed by atoms with van der Waals surface area (Å²) < 4.78 is 0. The minimum Gasteiger partial charge on any atom is -0.130 e. The molecular weight excluding hydrogens is 295 g/mol. The molecule has 2 aromatic rings. The molecule has 0 N–H and O–H groups in total. The molecule has 1 atom stereocenters. The van der Waals surface area contributed by atoms with Gasteiger partial charge in [-0.15, -0.1) is 9.24 Å². The van der Waals surface area contributed by atoms with Crippen LogP contribution in [0.15, 0.2) is 60.7 Å². The van der Waals surface area contributed by atoms with Gasteiger partial charge in [-0.1, -0.05) is 99.7 Å². The van der Waals surface area contributed by atoms with Crippen LogP contribution in [0.1, 0.15) is 56.6 Å². The lowest BCUT2D eigenvalue weighted by atomic mass is 9.87. The van der Waals surface area contributed by atoms with E-state index in [-0.39, 0.29) is 5.16 Å². The Labute approximate surface area is 144 Å². The molecule has 2 aromatic carbocycles. The van der Waals surface area contributed by atoms with E-state index in [4.69, 9.17) is 0 Å². The summed E-state index contributed by atoms with van der Waals surface area (Å²) in [6, 6.07) is 21.9. The van der Waals surface area contributed by atoms with Crippen LogP contribution in [0.5, 0.6) is 0 Å². The van der Waals surface area contributed by atoms with E-state index < -0.39 is 0 Å². The molecule has 0 amide bonds. The van der Waals surface area contributed by atoms with Crippen molar-refractivity contribution in [3.8, 4) is 0 Å². The Balaban J connectivity index is 2.00. The molecule has 0 aliphatic rings. The maximum absolute atomic E-state index is 3.21. The highest BCUT2D eigenvalue weighted by atomic mass is 31.0. The molecule has 124 valence electrons. The molecule has 0 saturated carbocycles. The summed E-state index contributed by atoms with van der Waals surface area (Å²) >= 11 is 0. The van der Waals surface area contributed by atoms with E-state index in [1.54, 1.807) is 0 Å². The smallest absolute Gasteiger partial charge is 0.00697 e. The molecule has 0 spiro atoms.